The maximum atomic E-state index is 12.3. The van der Waals surface area contributed by atoms with Gasteiger partial charge in [-0.05, 0) is 12.5 Å². The molecule has 0 aliphatic carbocycles. The average molecular weight is 367 g/mol. The molecule has 0 N–H and O–H groups in total. The van der Waals surface area contributed by atoms with E-state index >= 15 is 0 Å². The summed E-state index contributed by atoms with van der Waals surface area (Å²) >= 11 is 0. The van der Waals surface area contributed by atoms with Crippen molar-refractivity contribution in [1.82, 2.24) is 14.1 Å². The molecular weight excluding hydrogens is 342 g/mol. The molecule has 1 saturated heterocycles. The van der Waals surface area contributed by atoms with Gasteiger partial charge in [-0.25, -0.2) is 8.42 Å². The summed E-state index contributed by atoms with van der Waals surface area (Å²) < 4.78 is 25.4. The van der Waals surface area contributed by atoms with Crippen LogP contribution in [0.15, 0.2) is 24.3 Å². The Morgan fingerprint density at radius 2 is 1.76 bits per heavy atom. The van der Waals surface area contributed by atoms with Crippen molar-refractivity contribution in [2.45, 2.75) is 19.9 Å². The van der Waals surface area contributed by atoms with Gasteiger partial charge < -0.3 is 9.80 Å². The van der Waals surface area contributed by atoms with Gasteiger partial charge in [0.25, 0.3) is 0 Å². The Balaban J connectivity index is 1.93. The van der Waals surface area contributed by atoms with Crippen LogP contribution in [-0.2, 0) is 26.2 Å². The minimum Gasteiger partial charge on any atom is -0.342 e. The Morgan fingerprint density at radius 3 is 2.28 bits per heavy atom. The third-order valence-electron chi connectivity index (χ3n) is 4.34. The molecule has 0 saturated carbocycles. The fourth-order valence-electron chi connectivity index (χ4n) is 2.71. The second kappa shape index (κ2) is 8.44. The molecule has 138 valence electrons. The van der Waals surface area contributed by atoms with Crippen LogP contribution in [0.3, 0.4) is 0 Å². The first-order valence-electron chi connectivity index (χ1n) is 8.27. The molecule has 2 amide bonds. The van der Waals surface area contributed by atoms with E-state index in [0.717, 1.165) is 23.8 Å². The largest absolute Gasteiger partial charge is 0.342 e. The van der Waals surface area contributed by atoms with Crippen LogP contribution >= 0.6 is 0 Å². The molecule has 0 aromatic heterocycles. The predicted molar refractivity (Wildman–Crippen MR) is 95.3 cm³/mol. The molecule has 1 aromatic carbocycles. The lowest BCUT2D eigenvalue weighted by atomic mass is 10.1. The normalized spacial score (nSPS) is 15.5. The van der Waals surface area contributed by atoms with Gasteiger partial charge in [-0.15, -0.1) is 0 Å². The van der Waals surface area contributed by atoms with E-state index in [9.17, 15) is 18.0 Å². The maximum absolute atomic E-state index is 12.3. The van der Waals surface area contributed by atoms with Crippen molar-refractivity contribution in [3.63, 3.8) is 0 Å². The Bertz CT molecular complexity index is 695. The van der Waals surface area contributed by atoms with Crippen molar-refractivity contribution in [2.24, 2.45) is 0 Å². The zero-order valence-electron chi connectivity index (χ0n) is 14.7. The van der Waals surface area contributed by atoms with Crippen LogP contribution in [0.25, 0.3) is 0 Å². The summed E-state index contributed by atoms with van der Waals surface area (Å²) in [6.07, 6.45) is 2.09. The first-order chi connectivity index (χ1) is 11.8. The molecule has 0 bridgehead atoms. The zero-order valence-corrected chi connectivity index (χ0v) is 15.5. The van der Waals surface area contributed by atoms with Crippen molar-refractivity contribution in [3.05, 3.63) is 35.4 Å². The van der Waals surface area contributed by atoms with Crippen molar-refractivity contribution in [1.29, 1.82) is 0 Å². The van der Waals surface area contributed by atoms with Crippen molar-refractivity contribution in [2.75, 3.05) is 39.0 Å². The number of carbonyl (C=O) groups excluding carboxylic acids is 2. The smallest absolute Gasteiger partial charge is 0.224 e. The Kier molecular flexibility index (Phi) is 6.55. The van der Waals surface area contributed by atoms with E-state index in [4.69, 9.17) is 0 Å². The van der Waals surface area contributed by atoms with Crippen molar-refractivity contribution < 1.29 is 18.0 Å². The number of sulfonamides is 1. The average Bonchev–Trinajstić information content (AvgIpc) is 2.59. The first-order valence-corrected chi connectivity index (χ1v) is 10.1. The Hall–Kier alpha value is -1.93. The predicted octanol–water partition coefficient (Wildman–Crippen LogP) is 0.447. The molecule has 0 spiro atoms. The van der Waals surface area contributed by atoms with Gasteiger partial charge in [-0.1, -0.05) is 29.8 Å². The summed E-state index contributed by atoms with van der Waals surface area (Å²) in [4.78, 5) is 26.3. The summed E-state index contributed by atoms with van der Waals surface area (Å²) in [6.45, 7) is 4.41. The second-order valence-corrected chi connectivity index (χ2v) is 8.34. The topological polar surface area (TPSA) is 78.0 Å². The summed E-state index contributed by atoms with van der Waals surface area (Å²) in [7, 11) is -3.40. The molecule has 0 unspecified atom stereocenters. The number of piperazine rings is 1. The van der Waals surface area contributed by atoms with Gasteiger partial charge in [0.05, 0.1) is 6.26 Å². The highest BCUT2D eigenvalue weighted by Gasteiger charge is 2.23. The van der Waals surface area contributed by atoms with Crippen LogP contribution in [-0.4, -0.2) is 73.8 Å². The lowest BCUT2D eigenvalue weighted by Crippen LogP contribution is -2.48. The molecule has 25 heavy (non-hydrogen) atoms. The number of carbonyl (C=O) groups is 2. The van der Waals surface area contributed by atoms with Gasteiger partial charge >= 0.3 is 0 Å². The fourth-order valence-corrected chi connectivity index (χ4v) is 3.52. The Labute approximate surface area is 149 Å². The molecule has 2 rings (SSSR count). The van der Waals surface area contributed by atoms with Crippen LogP contribution in [0, 0.1) is 6.92 Å². The molecular formula is C17H25N3O4S. The van der Waals surface area contributed by atoms with E-state index in [1.54, 1.807) is 9.80 Å². The van der Waals surface area contributed by atoms with E-state index < -0.39 is 10.0 Å². The fraction of sp³-hybridized carbons (Fsp3) is 0.529. The quantitative estimate of drug-likeness (QED) is 0.656. The maximum Gasteiger partial charge on any atom is 0.224 e. The first kappa shape index (κ1) is 19.4. The minimum atomic E-state index is -3.40. The molecule has 1 aliphatic heterocycles. The van der Waals surface area contributed by atoms with Crippen molar-refractivity contribution in [3.8, 4) is 0 Å². The molecule has 7 nitrogen and oxygen atoms in total. The second-order valence-electron chi connectivity index (χ2n) is 6.35. The number of amides is 2. The number of aryl methyl sites for hydroxylation is 1. The molecule has 0 radical (unpaired) electrons. The van der Waals surface area contributed by atoms with Gasteiger partial charge in [0.2, 0.25) is 22.3 Å². The van der Waals surface area contributed by atoms with Crippen molar-refractivity contribution >= 4 is 22.3 Å². The van der Waals surface area contributed by atoms with E-state index in [1.165, 1.54) is 4.31 Å². The van der Waals surface area contributed by atoms with Crippen LogP contribution in [0.4, 0.5) is 0 Å². The summed E-state index contributed by atoms with van der Waals surface area (Å²) in [6, 6.07) is 7.67. The number of hydrogen-bond donors (Lipinski definition) is 0. The van der Waals surface area contributed by atoms with Gasteiger partial charge in [0, 0.05) is 45.7 Å². The molecule has 1 aliphatic rings. The number of benzene rings is 1. The highest BCUT2D eigenvalue weighted by atomic mass is 32.2. The van der Waals surface area contributed by atoms with E-state index in [0.29, 0.717) is 26.2 Å². The van der Waals surface area contributed by atoms with E-state index in [2.05, 4.69) is 0 Å². The van der Waals surface area contributed by atoms with Crippen LogP contribution in [0.2, 0.25) is 0 Å². The molecule has 1 aromatic rings. The standard InChI is InChI=1S/C17H25N3O4S/c1-15-3-5-16(6-4-15)13-20(25(2,23)24)8-7-17(22)19-11-9-18(14-21)10-12-19/h3-6,14H,7-13H2,1-2H3. The molecule has 1 fully saturated rings. The highest BCUT2D eigenvalue weighted by Crippen LogP contribution is 2.11. The Morgan fingerprint density at radius 1 is 1.16 bits per heavy atom. The van der Waals surface area contributed by atoms with Gasteiger partial charge in [-0.2, -0.15) is 4.31 Å². The lowest BCUT2D eigenvalue weighted by molar-refractivity contribution is -0.135. The number of nitrogens with zero attached hydrogens (tertiary/aromatic N) is 3. The molecule has 8 heteroatoms. The summed E-state index contributed by atoms with van der Waals surface area (Å²) in [5, 5.41) is 0. The van der Waals surface area contributed by atoms with Gasteiger partial charge in [0.15, 0.2) is 0 Å². The third kappa shape index (κ3) is 5.82. The lowest BCUT2D eigenvalue weighted by Gasteiger charge is -2.33. The molecule has 0 atom stereocenters. The van der Waals surface area contributed by atoms with Crippen LogP contribution < -0.4 is 0 Å². The summed E-state index contributed by atoms with van der Waals surface area (Å²) in [5.74, 6) is -0.0805. The van der Waals surface area contributed by atoms with Gasteiger partial charge in [0.1, 0.15) is 0 Å². The van der Waals surface area contributed by atoms with Crippen LogP contribution in [0.1, 0.15) is 17.5 Å². The minimum absolute atomic E-state index is 0.0805. The third-order valence-corrected chi connectivity index (χ3v) is 5.59. The van der Waals surface area contributed by atoms with Gasteiger partial charge in [-0.3, -0.25) is 9.59 Å². The number of rotatable bonds is 7. The SMILES string of the molecule is Cc1ccc(CN(CCC(=O)N2CCN(C=O)CC2)S(C)(=O)=O)cc1. The monoisotopic (exact) mass is 367 g/mol. The summed E-state index contributed by atoms with van der Waals surface area (Å²) in [5.41, 5.74) is 2.00. The van der Waals surface area contributed by atoms with E-state index in [1.807, 2.05) is 31.2 Å². The van der Waals surface area contributed by atoms with Crippen LogP contribution in [0.5, 0.6) is 0 Å². The zero-order chi connectivity index (χ0) is 18.4. The highest BCUT2D eigenvalue weighted by molar-refractivity contribution is 7.88. The number of hydrogen-bond acceptors (Lipinski definition) is 4. The van der Waals surface area contributed by atoms with E-state index in [-0.39, 0.29) is 25.4 Å². The molecule has 1 heterocycles.